The van der Waals surface area contributed by atoms with Gasteiger partial charge in [0.15, 0.2) is 0 Å². The summed E-state index contributed by atoms with van der Waals surface area (Å²) >= 11 is 0. The number of carbonyl (C=O) groups excluding carboxylic acids is 1. The van der Waals surface area contributed by atoms with Crippen LogP contribution in [0.2, 0.25) is 0 Å². The molecule has 1 amide bonds. The van der Waals surface area contributed by atoms with E-state index in [-0.39, 0.29) is 5.91 Å². The van der Waals surface area contributed by atoms with Gasteiger partial charge in [-0.25, -0.2) is 0 Å². The van der Waals surface area contributed by atoms with Crippen molar-refractivity contribution in [3.8, 4) is 0 Å². The molecule has 0 saturated carbocycles. The molecule has 0 aliphatic heterocycles. The minimum absolute atomic E-state index is 0.0447. The summed E-state index contributed by atoms with van der Waals surface area (Å²) in [4.78, 5) is 14.1. The molecule has 0 aliphatic carbocycles. The standard InChI is InChI=1S/C16H27N3O2/c1-13(12-21-3)19(2)10-4-5-16(20)18-15-8-6-14(11-17)7-9-15/h6-9,13H,4-5,10-12,17H2,1-3H3,(H,18,20). The van der Waals surface area contributed by atoms with Gasteiger partial charge in [0.05, 0.1) is 6.61 Å². The number of hydrogen-bond donors (Lipinski definition) is 2. The molecule has 5 heteroatoms. The molecule has 1 aromatic rings. The molecule has 0 radical (unpaired) electrons. The number of methoxy groups -OCH3 is 1. The van der Waals surface area contributed by atoms with Crippen molar-refractivity contribution in [3.05, 3.63) is 29.8 Å². The van der Waals surface area contributed by atoms with Gasteiger partial charge in [-0.1, -0.05) is 12.1 Å². The summed E-state index contributed by atoms with van der Waals surface area (Å²) in [5.74, 6) is 0.0447. The van der Waals surface area contributed by atoms with E-state index >= 15 is 0 Å². The summed E-state index contributed by atoms with van der Waals surface area (Å²) in [6.45, 7) is 4.21. The SMILES string of the molecule is COCC(C)N(C)CCCC(=O)Nc1ccc(CN)cc1. The Hall–Kier alpha value is -1.43. The summed E-state index contributed by atoms with van der Waals surface area (Å²) in [6.07, 6.45) is 1.35. The van der Waals surface area contributed by atoms with E-state index < -0.39 is 0 Å². The van der Waals surface area contributed by atoms with Crippen LogP contribution in [0.1, 0.15) is 25.3 Å². The maximum absolute atomic E-state index is 11.9. The zero-order chi connectivity index (χ0) is 15.7. The fourth-order valence-corrected chi connectivity index (χ4v) is 2.03. The number of anilines is 1. The highest BCUT2D eigenvalue weighted by Crippen LogP contribution is 2.10. The van der Waals surface area contributed by atoms with Crippen molar-refractivity contribution in [2.24, 2.45) is 5.73 Å². The molecule has 1 aromatic carbocycles. The highest BCUT2D eigenvalue weighted by Gasteiger charge is 2.09. The van der Waals surface area contributed by atoms with Gasteiger partial charge in [0.25, 0.3) is 0 Å². The zero-order valence-corrected chi connectivity index (χ0v) is 13.3. The Morgan fingerprint density at radius 2 is 2.05 bits per heavy atom. The van der Waals surface area contributed by atoms with Crippen LogP contribution in [-0.4, -0.2) is 44.2 Å². The second kappa shape index (κ2) is 9.50. The van der Waals surface area contributed by atoms with Crippen molar-refractivity contribution < 1.29 is 9.53 Å². The van der Waals surface area contributed by atoms with Crippen LogP contribution in [0.15, 0.2) is 24.3 Å². The van der Waals surface area contributed by atoms with Crippen LogP contribution in [-0.2, 0) is 16.1 Å². The molecule has 0 aromatic heterocycles. The highest BCUT2D eigenvalue weighted by molar-refractivity contribution is 5.90. The first kappa shape index (κ1) is 17.6. The summed E-state index contributed by atoms with van der Waals surface area (Å²) in [7, 11) is 3.75. The molecule has 21 heavy (non-hydrogen) atoms. The van der Waals surface area contributed by atoms with E-state index in [9.17, 15) is 4.79 Å². The van der Waals surface area contributed by atoms with Crippen molar-refractivity contribution in [3.63, 3.8) is 0 Å². The second-order valence-electron chi connectivity index (χ2n) is 5.34. The fourth-order valence-electron chi connectivity index (χ4n) is 2.03. The molecular formula is C16H27N3O2. The lowest BCUT2D eigenvalue weighted by Crippen LogP contribution is -2.33. The molecule has 0 heterocycles. The van der Waals surface area contributed by atoms with Crippen molar-refractivity contribution >= 4 is 11.6 Å². The van der Waals surface area contributed by atoms with Gasteiger partial charge in [-0.15, -0.1) is 0 Å². The highest BCUT2D eigenvalue weighted by atomic mass is 16.5. The Labute approximate surface area is 127 Å². The third kappa shape index (κ3) is 6.71. The predicted octanol–water partition coefficient (Wildman–Crippen LogP) is 1.83. The maximum Gasteiger partial charge on any atom is 0.224 e. The molecular weight excluding hydrogens is 266 g/mol. The van der Waals surface area contributed by atoms with Gasteiger partial charge in [0.2, 0.25) is 5.91 Å². The lowest BCUT2D eigenvalue weighted by molar-refractivity contribution is -0.116. The Kier molecular flexibility index (Phi) is 7.97. The monoisotopic (exact) mass is 293 g/mol. The van der Waals surface area contributed by atoms with Crippen molar-refractivity contribution in [2.45, 2.75) is 32.4 Å². The molecule has 118 valence electrons. The number of rotatable bonds is 9. The molecule has 1 rings (SSSR count). The Morgan fingerprint density at radius 3 is 2.62 bits per heavy atom. The third-order valence-electron chi connectivity index (χ3n) is 3.55. The van der Waals surface area contributed by atoms with Gasteiger partial charge in [-0.2, -0.15) is 0 Å². The Bertz CT molecular complexity index is 420. The van der Waals surface area contributed by atoms with Crippen LogP contribution in [0.5, 0.6) is 0 Å². The van der Waals surface area contributed by atoms with E-state index in [1.54, 1.807) is 7.11 Å². The maximum atomic E-state index is 11.9. The first-order valence-electron chi connectivity index (χ1n) is 7.35. The number of nitrogens with two attached hydrogens (primary N) is 1. The van der Waals surface area contributed by atoms with Gasteiger partial charge in [-0.05, 0) is 44.6 Å². The van der Waals surface area contributed by atoms with Crippen LogP contribution in [0.25, 0.3) is 0 Å². The first-order valence-corrected chi connectivity index (χ1v) is 7.35. The van der Waals surface area contributed by atoms with E-state index in [4.69, 9.17) is 10.5 Å². The average molecular weight is 293 g/mol. The zero-order valence-electron chi connectivity index (χ0n) is 13.3. The van der Waals surface area contributed by atoms with Crippen LogP contribution < -0.4 is 11.1 Å². The van der Waals surface area contributed by atoms with E-state index in [0.29, 0.717) is 25.6 Å². The summed E-state index contributed by atoms with van der Waals surface area (Å²) in [5, 5.41) is 2.90. The quantitative estimate of drug-likeness (QED) is 0.729. The lowest BCUT2D eigenvalue weighted by Gasteiger charge is -2.23. The smallest absolute Gasteiger partial charge is 0.224 e. The number of benzene rings is 1. The lowest BCUT2D eigenvalue weighted by atomic mass is 10.2. The molecule has 0 aliphatic rings. The molecule has 0 bridgehead atoms. The number of amides is 1. The topological polar surface area (TPSA) is 67.6 Å². The third-order valence-corrected chi connectivity index (χ3v) is 3.55. The molecule has 0 fully saturated rings. The van der Waals surface area contributed by atoms with E-state index in [1.165, 1.54) is 0 Å². The van der Waals surface area contributed by atoms with Crippen LogP contribution in [0.4, 0.5) is 5.69 Å². The fraction of sp³-hybridized carbons (Fsp3) is 0.562. The average Bonchev–Trinajstić information content (AvgIpc) is 2.48. The van der Waals surface area contributed by atoms with Gasteiger partial charge in [-0.3, -0.25) is 4.79 Å². The Morgan fingerprint density at radius 1 is 1.38 bits per heavy atom. The number of nitrogens with one attached hydrogen (secondary N) is 1. The van der Waals surface area contributed by atoms with E-state index in [1.807, 2.05) is 31.3 Å². The van der Waals surface area contributed by atoms with Gasteiger partial charge >= 0.3 is 0 Å². The summed E-state index contributed by atoms with van der Waals surface area (Å²) < 4.78 is 5.12. The number of carbonyl (C=O) groups is 1. The van der Waals surface area contributed by atoms with Gasteiger partial charge < -0.3 is 20.7 Å². The van der Waals surface area contributed by atoms with Crippen LogP contribution in [0, 0.1) is 0 Å². The van der Waals surface area contributed by atoms with Gasteiger partial charge in [0.1, 0.15) is 0 Å². The van der Waals surface area contributed by atoms with Crippen LogP contribution in [0.3, 0.4) is 0 Å². The number of likely N-dealkylation sites (N-methyl/N-ethyl adjacent to an activating group) is 1. The number of nitrogens with zero attached hydrogens (tertiary/aromatic N) is 1. The molecule has 0 spiro atoms. The normalized spacial score (nSPS) is 12.4. The Balaban J connectivity index is 2.27. The summed E-state index contributed by atoms with van der Waals surface area (Å²) in [5.41, 5.74) is 7.42. The number of hydrogen-bond acceptors (Lipinski definition) is 4. The molecule has 5 nitrogen and oxygen atoms in total. The van der Waals surface area contributed by atoms with Gasteiger partial charge in [0, 0.05) is 31.8 Å². The second-order valence-corrected chi connectivity index (χ2v) is 5.34. The molecule has 1 atom stereocenters. The molecule has 1 unspecified atom stereocenters. The molecule has 3 N–H and O–H groups in total. The van der Waals surface area contributed by atoms with E-state index in [2.05, 4.69) is 17.1 Å². The minimum Gasteiger partial charge on any atom is -0.383 e. The first-order chi connectivity index (χ1) is 10.1. The van der Waals surface area contributed by atoms with Crippen LogP contribution >= 0.6 is 0 Å². The molecule has 0 saturated heterocycles. The number of ether oxygens (including phenoxy) is 1. The van der Waals surface area contributed by atoms with Crippen molar-refractivity contribution in [1.29, 1.82) is 0 Å². The van der Waals surface area contributed by atoms with E-state index in [0.717, 1.165) is 24.2 Å². The predicted molar refractivity (Wildman–Crippen MR) is 86.2 cm³/mol. The van der Waals surface area contributed by atoms with Crippen molar-refractivity contribution in [2.75, 3.05) is 32.6 Å². The largest absolute Gasteiger partial charge is 0.383 e. The van der Waals surface area contributed by atoms with Crippen molar-refractivity contribution in [1.82, 2.24) is 4.90 Å². The summed E-state index contributed by atoms with van der Waals surface area (Å²) in [6, 6.07) is 7.98. The minimum atomic E-state index is 0.0447.